The first-order valence-electron chi connectivity index (χ1n) is 3.95. The number of nitrogens with zero attached hydrogens (tertiary/aromatic N) is 4. The van der Waals surface area contributed by atoms with Crippen LogP contribution in [-0.4, -0.2) is 21.7 Å². The molecule has 1 rings (SSSR count). The highest BCUT2D eigenvalue weighted by Crippen LogP contribution is 1.97. The zero-order valence-electron chi connectivity index (χ0n) is 7.88. The third-order valence-corrected chi connectivity index (χ3v) is 1.43. The van der Waals surface area contributed by atoms with Crippen LogP contribution in [-0.2, 0) is 13.6 Å². The van der Waals surface area contributed by atoms with E-state index in [-0.39, 0.29) is 11.9 Å². The first kappa shape index (κ1) is 10.0. The van der Waals surface area contributed by atoms with Crippen molar-refractivity contribution in [1.82, 2.24) is 9.78 Å². The minimum Gasteiger partial charge on any atom is -0.370 e. The number of guanidine groups is 2. The first-order chi connectivity index (χ1) is 6.58. The van der Waals surface area contributed by atoms with E-state index < -0.39 is 0 Å². The highest BCUT2D eigenvalue weighted by Gasteiger charge is 1.94. The minimum atomic E-state index is -0.0996. The molecule has 0 saturated carbocycles. The lowest BCUT2D eigenvalue weighted by molar-refractivity contribution is 0.767. The van der Waals surface area contributed by atoms with Crippen LogP contribution in [0, 0.1) is 0 Å². The Bertz CT molecular complexity index is 358. The fourth-order valence-corrected chi connectivity index (χ4v) is 0.893. The monoisotopic (exact) mass is 195 g/mol. The van der Waals surface area contributed by atoms with Gasteiger partial charge in [-0.05, 0) is 0 Å². The van der Waals surface area contributed by atoms with Crippen LogP contribution in [0.1, 0.15) is 5.56 Å². The third-order valence-electron chi connectivity index (χ3n) is 1.43. The molecule has 0 radical (unpaired) electrons. The molecule has 0 bridgehead atoms. The van der Waals surface area contributed by atoms with Gasteiger partial charge >= 0.3 is 0 Å². The summed E-state index contributed by atoms with van der Waals surface area (Å²) in [6.45, 7) is 0.413. The van der Waals surface area contributed by atoms with Crippen molar-refractivity contribution >= 4 is 11.9 Å². The fourth-order valence-electron chi connectivity index (χ4n) is 0.893. The van der Waals surface area contributed by atoms with Crippen LogP contribution in [0.5, 0.6) is 0 Å². The highest BCUT2D eigenvalue weighted by molar-refractivity contribution is 5.92. The van der Waals surface area contributed by atoms with E-state index in [1.165, 1.54) is 0 Å². The Kier molecular flexibility index (Phi) is 3.05. The molecule has 0 unspecified atom stereocenters. The number of nitrogens with two attached hydrogens (primary N) is 3. The molecule has 0 aliphatic rings. The van der Waals surface area contributed by atoms with Gasteiger partial charge in [0, 0.05) is 18.8 Å². The second kappa shape index (κ2) is 4.26. The average Bonchev–Trinajstić information content (AvgIpc) is 2.47. The van der Waals surface area contributed by atoms with E-state index in [0.29, 0.717) is 6.54 Å². The van der Waals surface area contributed by atoms with Gasteiger partial charge in [0.1, 0.15) is 0 Å². The Labute approximate surface area is 81.3 Å². The normalized spacial score (nSPS) is 11.4. The Morgan fingerprint density at radius 2 is 2.21 bits per heavy atom. The van der Waals surface area contributed by atoms with Gasteiger partial charge in [-0.3, -0.25) is 4.68 Å². The lowest BCUT2D eigenvalue weighted by Crippen LogP contribution is -2.26. The number of hydrogen-bond acceptors (Lipinski definition) is 2. The van der Waals surface area contributed by atoms with Crippen LogP contribution in [0.25, 0.3) is 0 Å². The molecular formula is C7H13N7. The Morgan fingerprint density at radius 3 is 2.71 bits per heavy atom. The molecule has 0 aromatic carbocycles. The van der Waals surface area contributed by atoms with Gasteiger partial charge in [-0.25, -0.2) is 4.99 Å². The molecule has 6 N–H and O–H groups in total. The molecule has 7 nitrogen and oxygen atoms in total. The summed E-state index contributed by atoms with van der Waals surface area (Å²) in [4.78, 5) is 7.51. The van der Waals surface area contributed by atoms with Crippen LogP contribution in [0.3, 0.4) is 0 Å². The lowest BCUT2D eigenvalue weighted by Gasteiger charge is -1.93. The van der Waals surface area contributed by atoms with E-state index in [2.05, 4.69) is 15.1 Å². The Balaban J connectivity index is 2.59. The molecule has 0 fully saturated rings. The lowest BCUT2D eigenvalue weighted by atomic mass is 10.4. The summed E-state index contributed by atoms with van der Waals surface area (Å²) in [7, 11) is 1.83. The highest BCUT2D eigenvalue weighted by atomic mass is 15.2. The second-order valence-electron chi connectivity index (χ2n) is 2.73. The largest absolute Gasteiger partial charge is 0.370 e. The number of aliphatic imine (C=N–C) groups is 2. The molecular weight excluding hydrogens is 182 g/mol. The van der Waals surface area contributed by atoms with Crippen LogP contribution >= 0.6 is 0 Å². The molecule has 0 aliphatic heterocycles. The summed E-state index contributed by atoms with van der Waals surface area (Å²) >= 11 is 0. The summed E-state index contributed by atoms with van der Waals surface area (Å²) in [5.41, 5.74) is 16.6. The van der Waals surface area contributed by atoms with Gasteiger partial charge in [-0.2, -0.15) is 10.1 Å². The van der Waals surface area contributed by atoms with Gasteiger partial charge < -0.3 is 17.2 Å². The summed E-state index contributed by atoms with van der Waals surface area (Å²) < 4.78 is 1.68. The van der Waals surface area contributed by atoms with Crippen LogP contribution in [0.4, 0.5) is 0 Å². The molecule has 0 aliphatic carbocycles. The summed E-state index contributed by atoms with van der Waals surface area (Å²) in [6, 6.07) is 0. The van der Waals surface area contributed by atoms with Crippen molar-refractivity contribution in [2.24, 2.45) is 34.2 Å². The first-order valence-corrected chi connectivity index (χ1v) is 3.95. The molecule has 76 valence electrons. The van der Waals surface area contributed by atoms with Crippen molar-refractivity contribution in [2.75, 3.05) is 0 Å². The van der Waals surface area contributed by atoms with E-state index in [1.807, 2.05) is 13.2 Å². The standard InChI is InChI=1S/C7H13N7/c1-14-4-5(3-12-14)2-11-7(10)13-6(8)9/h3-4H,2H2,1H3,(H6,8,9,10,11,13). The Morgan fingerprint density at radius 1 is 1.50 bits per heavy atom. The zero-order chi connectivity index (χ0) is 10.6. The van der Waals surface area contributed by atoms with Gasteiger partial charge in [0.15, 0.2) is 5.96 Å². The smallest absolute Gasteiger partial charge is 0.218 e. The Hall–Kier alpha value is -2.05. The molecule has 1 heterocycles. The number of aromatic nitrogens is 2. The molecule has 14 heavy (non-hydrogen) atoms. The molecule has 0 saturated heterocycles. The third kappa shape index (κ3) is 3.13. The van der Waals surface area contributed by atoms with E-state index in [1.54, 1.807) is 10.9 Å². The maximum absolute atomic E-state index is 5.40. The van der Waals surface area contributed by atoms with Crippen LogP contribution in [0.2, 0.25) is 0 Å². The molecule has 0 amide bonds. The van der Waals surface area contributed by atoms with E-state index in [4.69, 9.17) is 17.2 Å². The second-order valence-corrected chi connectivity index (χ2v) is 2.73. The van der Waals surface area contributed by atoms with Gasteiger partial charge in [0.05, 0.1) is 12.7 Å². The van der Waals surface area contributed by atoms with E-state index in [0.717, 1.165) is 5.56 Å². The van der Waals surface area contributed by atoms with Crippen molar-refractivity contribution in [3.05, 3.63) is 18.0 Å². The van der Waals surface area contributed by atoms with Crippen molar-refractivity contribution in [2.45, 2.75) is 6.54 Å². The summed E-state index contributed by atoms with van der Waals surface area (Å²) in [5, 5.41) is 3.98. The summed E-state index contributed by atoms with van der Waals surface area (Å²) in [6.07, 6.45) is 3.54. The number of rotatable bonds is 2. The number of hydrogen-bond donors (Lipinski definition) is 3. The van der Waals surface area contributed by atoms with E-state index in [9.17, 15) is 0 Å². The number of aryl methyl sites for hydroxylation is 1. The van der Waals surface area contributed by atoms with Crippen molar-refractivity contribution in [3.8, 4) is 0 Å². The van der Waals surface area contributed by atoms with Gasteiger partial charge in [0.2, 0.25) is 5.96 Å². The minimum absolute atomic E-state index is 0.0638. The predicted molar refractivity (Wildman–Crippen MR) is 54.3 cm³/mol. The summed E-state index contributed by atoms with van der Waals surface area (Å²) in [5.74, 6) is -0.0358. The molecule has 0 spiro atoms. The van der Waals surface area contributed by atoms with Crippen LogP contribution < -0.4 is 17.2 Å². The van der Waals surface area contributed by atoms with Crippen LogP contribution in [0.15, 0.2) is 22.4 Å². The average molecular weight is 195 g/mol. The molecule has 7 heteroatoms. The predicted octanol–water partition coefficient (Wildman–Crippen LogP) is -1.49. The van der Waals surface area contributed by atoms with Crippen molar-refractivity contribution in [1.29, 1.82) is 0 Å². The van der Waals surface area contributed by atoms with Gasteiger partial charge in [-0.1, -0.05) is 0 Å². The molecule has 0 atom stereocenters. The van der Waals surface area contributed by atoms with Gasteiger partial charge in [0.25, 0.3) is 0 Å². The maximum Gasteiger partial charge on any atom is 0.218 e. The van der Waals surface area contributed by atoms with Crippen molar-refractivity contribution in [3.63, 3.8) is 0 Å². The van der Waals surface area contributed by atoms with Gasteiger partial charge in [-0.15, -0.1) is 0 Å². The van der Waals surface area contributed by atoms with E-state index >= 15 is 0 Å². The molecule has 1 aromatic rings. The zero-order valence-corrected chi connectivity index (χ0v) is 7.88. The SMILES string of the molecule is Cn1cc(CN=C(N)N=C(N)N)cn1. The maximum atomic E-state index is 5.40. The fraction of sp³-hybridized carbons (Fsp3) is 0.286. The quantitative estimate of drug-likeness (QED) is 0.393. The topological polar surface area (TPSA) is 121 Å². The molecule has 1 aromatic heterocycles. The van der Waals surface area contributed by atoms with Crippen molar-refractivity contribution < 1.29 is 0 Å².